The van der Waals surface area contributed by atoms with E-state index in [9.17, 15) is 9.18 Å². The largest absolute Gasteiger partial charge is 0.482 e. The van der Waals surface area contributed by atoms with Crippen molar-refractivity contribution in [2.75, 3.05) is 19.3 Å². The van der Waals surface area contributed by atoms with Crippen LogP contribution in [-0.4, -0.2) is 40.4 Å². The minimum absolute atomic E-state index is 0.181. The van der Waals surface area contributed by atoms with Crippen molar-refractivity contribution < 1.29 is 13.9 Å². The molecule has 8 nitrogen and oxygen atoms in total. The summed E-state index contributed by atoms with van der Waals surface area (Å²) in [7, 11) is 1.63. The first-order valence-electron chi connectivity index (χ1n) is 10.1. The molecule has 9 heteroatoms. The lowest BCUT2D eigenvalue weighted by molar-refractivity contribution is 0.0800. The van der Waals surface area contributed by atoms with Crippen molar-refractivity contribution in [3.8, 4) is 5.75 Å². The molecule has 6 N–H and O–H groups in total. The van der Waals surface area contributed by atoms with Gasteiger partial charge in [-0.1, -0.05) is 0 Å². The van der Waals surface area contributed by atoms with Crippen molar-refractivity contribution in [3.05, 3.63) is 64.9 Å². The van der Waals surface area contributed by atoms with E-state index in [1.54, 1.807) is 37.4 Å². The van der Waals surface area contributed by atoms with Gasteiger partial charge in [-0.2, -0.15) is 0 Å². The van der Waals surface area contributed by atoms with Gasteiger partial charge in [0.05, 0.1) is 6.54 Å². The average Bonchev–Trinajstić information content (AvgIpc) is 3.55. The minimum Gasteiger partial charge on any atom is -0.482 e. The summed E-state index contributed by atoms with van der Waals surface area (Å²) in [6, 6.07) is 6.04. The van der Waals surface area contributed by atoms with E-state index < -0.39 is 11.9 Å². The number of benzene rings is 1. The van der Waals surface area contributed by atoms with Crippen LogP contribution in [0.4, 0.5) is 10.2 Å². The second-order valence-corrected chi connectivity index (χ2v) is 7.93. The maximum atomic E-state index is 14.0. The van der Waals surface area contributed by atoms with Crippen LogP contribution in [0.2, 0.25) is 0 Å². The van der Waals surface area contributed by atoms with Gasteiger partial charge in [-0.25, -0.2) is 15.2 Å². The number of nitrogens with two attached hydrogens (primary N) is 3. The summed E-state index contributed by atoms with van der Waals surface area (Å²) < 4.78 is 19.9. The first kappa shape index (κ1) is 22.4. The third kappa shape index (κ3) is 5.64. The Bertz CT molecular complexity index is 992. The van der Waals surface area contributed by atoms with Crippen LogP contribution < -0.4 is 22.0 Å². The van der Waals surface area contributed by atoms with E-state index in [0.717, 1.165) is 18.4 Å². The number of carbonyl (C=O) groups is 1. The summed E-state index contributed by atoms with van der Waals surface area (Å²) in [5, 5.41) is 1.58. The van der Waals surface area contributed by atoms with Gasteiger partial charge < -0.3 is 26.1 Å². The van der Waals surface area contributed by atoms with Crippen molar-refractivity contribution in [2.24, 2.45) is 11.6 Å². The second kappa shape index (κ2) is 9.22. The molecule has 0 spiro atoms. The molecule has 2 aromatic rings. The van der Waals surface area contributed by atoms with Crippen LogP contribution in [-0.2, 0) is 0 Å². The van der Waals surface area contributed by atoms with E-state index in [0.29, 0.717) is 28.6 Å². The molecule has 0 aliphatic heterocycles. The predicted molar refractivity (Wildman–Crippen MR) is 117 cm³/mol. The Morgan fingerprint density at radius 2 is 2.10 bits per heavy atom. The monoisotopic (exact) mass is 428 g/mol. The number of carbonyl (C=O) groups excluding carboxylic acids is 1. The molecule has 1 saturated carbocycles. The highest BCUT2D eigenvalue weighted by Crippen LogP contribution is 2.29. The SMILES string of the molecule is Cc1cnc(N)c(OC(C)c2cc(F)ccc2C(=O)N(C)C/C(N)=C/N(N)C2CC2)c1. The van der Waals surface area contributed by atoms with E-state index in [1.165, 1.54) is 23.1 Å². The molecule has 166 valence electrons. The fraction of sp³-hybridized carbons (Fsp3) is 0.364. The Morgan fingerprint density at radius 1 is 1.39 bits per heavy atom. The lowest BCUT2D eigenvalue weighted by Crippen LogP contribution is -2.34. The quantitative estimate of drug-likeness (QED) is 0.436. The van der Waals surface area contributed by atoms with Crippen LogP contribution in [0.25, 0.3) is 0 Å². The van der Waals surface area contributed by atoms with Gasteiger partial charge in [0.2, 0.25) is 0 Å². The Labute approximate surface area is 181 Å². The molecule has 1 aliphatic rings. The third-order valence-electron chi connectivity index (χ3n) is 5.05. The van der Waals surface area contributed by atoms with Crippen molar-refractivity contribution in [3.63, 3.8) is 0 Å². The Morgan fingerprint density at radius 3 is 2.77 bits per heavy atom. The molecular weight excluding hydrogens is 399 g/mol. The molecule has 0 bridgehead atoms. The van der Waals surface area contributed by atoms with E-state index in [-0.39, 0.29) is 18.3 Å². The van der Waals surface area contributed by atoms with Gasteiger partial charge in [0.15, 0.2) is 11.6 Å². The number of likely N-dealkylation sites (N-methyl/N-ethyl adjacent to an activating group) is 1. The van der Waals surface area contributed by atoms with E-state index in [4.69, 9.17) is 22.0 Å². The second-order valence-electron chi connectivity index (χ2n) is 7.93. The Kier molecular flexibility index (Phi) is 6.65. The van der Waals surface area contributed by atoms with Crippen LogP contribution in [0.15, 0.2) is 42.4 Å². The van der Waals surface area contributed by atoms with Gasteiger partial charge in [0.1, 0.15) is 11.9 Å². The number of ether oxygens (including phenoxy) is 1. The van der Waals surface area contributed by atoms with Gasteiger partial charge >= 0.3 is 0 Å². The van der Waals surface area contributed by atoms with Gasteiger partial charge in [0, 0.05) is 42.3 Å². The number of aromatic nitrogens is 1. The number of aryl methyl sites for hydroxylation is 1. The number of hydrogen-bond donors (Lipinski definition) is 3. The molecule has 0 saturated heterocycles. The van der Waals surface area contributed by atoms with E-state index in [2.05, 4.69) is 4.98 Å². The van der Waals surface area contributed by atoms with E-state index in [1.807, 2.05) is 6.92 Å². The lowest BCUT2D eigenvalue weighted by atomic mass is 10.0. The zero-order valence-electron chi connectivity index (χ0n) is 18.0. The molecule has 1 heterocycles. The topological polar surface area (TPSA) is 124 Å². The fourth-order valence-corrected chi connectivity index (χ4v) is 3.23. The smallest absolute Gasteiger partial charge is 0.254 e. The summed E-state index contributed by atoms with van der Waals surface area (Å²) in [6.45, 7) is 3.77. The normalized spacial score (nSPS) is 14.8. The van der Waals surface area contributed by atoms with Crippen molar-refractivity contribution in [2.45, 2.75) is 38.8 Å². The highest BCUT2D eigenvalue weighted by Gasteiger charge is 2.26. The van der Waals surface area contributed by atoms with Crippen LogP contribution in [0.5, 0.6) is 5.75 Å². The van der Waals surface area contributed by atoms with Crippen LogP contribution in [0.1, 0.15) is 47.4 Å². The fourth-order valence-electron chi connectivity index (χ4n) is 3.23. The standard InChI is InChI=1S/C22H29FN6O2/c1-13-8-20(21(25)27-10-13)31-14(2)19-9-15(23)4-7-18(19)22(30)28(3)11-16(24)12-29(26)17-5-6-17/h4,7-10,12,14,17H,5-6,11,24,26H2,1-3H3,(H2,25,27)/b16-12-. The van der Waals surface area contributed by atoms with Crippen LogP contribution in [0.3, 0.4) is 0 Å². The number of amides is 1. The first-order valence-corrected chi connectivity index (χ1v) is 10.1. The lowest BCUT2D eigenvalue weighted by Gasteiger charge is -2.23. The Hall–Kier alpha value is -3.33. The van der Waals surface area contributed by atoms with Crippen LogP contribution >= 0.6 is 0 Å². The molecule has 31 heavy (non-hydrogen) atoms. The zero-order valence-corrected chi connectivity index (χ0v) is 18.0. The molecule has 3 rings (SSSR count). The van der Waals surface area contributed by atoms with Gasteiger partial charge in [-0.15, -0.1) is 0 Å². The summed E-state index contributed by atoms with van der Waals surface area (Å²) >= 11 is 0. The van der Waals surface area contributed by atoms with Crippen molar-refractivity contribution in [1.82, 2.24) is 14.9 Å². The molecule has 1 atom stereocenters. The number of nitrogens with zero attached hydrogens (tertiary/aromatic N) is 3. The average molecular weight is 429 g/mol. The maximum Gasteiger partial charge on any atom is 0.254 e. The van der Waals surface area contributed by atoms with Gasteiger partial charge in [-0.05, 0) is 56.5 Å². The zero-order chi connectivity index (χ0) is 22.7. The number of anilines is 1. The van der Waals surface area contributed by atoms with E-state index >= 15 is 0 Å². The number of rotatable bonds is 8. The molecule has 1 aromatic heterocycles. The molecule has 0 radical (unpaired) electrons. The molecular formula is C22H29FN6O2. The highest BCUT2D eigenvalue weighted by molar-refractivity contribution is 5.95. The molecule has 1 aliphatic carbocycles. The van der Waals surface area contributed by atoms with Gasteiger partial charge in [-0.3, -0.25) is 4.79 Å². The number of nitrogen functional groups attached to an aromatic ring is 1. The molecule has 1 aromatic carbocycles. The van der Waals surface area contributed by atoms with Crippen molar-refractivity contribution in [1.29, 1.82) is 0 Å². The summed E-state index contributed by atoms with van der Waals surface area (Å²) in [5.41, 5.74) is 14.0. The predicted octanol–water partition coefficient (Wildman–Crippen LogP) is 2.46. The number of pyridine rings is 1. The summed E-state index contributed by atoms with van der Waals surface area (Å²) in [5.74, 6) is 5.73. The number of hydrazine groups is 1. The van der Waals surface area contributed by atoms with Crippen LogP contribution in [0, 0.1) is 12.7 Å². The maximum absolute atomic E-state index is 14.0. The third-order valence-corrected chi connectivity index (χ3v) is 5.05. The first-order chi connectivity index (χ1) is 14.7. The molecule has 1 amide bonds. The highest BCUT2D eigenvalue weighted by atomic mass is 19.1. The van der Waals surface area contributed by atoms with Gasteiger partial charge in [0.25, 0.3) is 5.91 Å². The molecule has 1 unspecified atom stereocenters. The van der Waals surface area contributed by atoms with Crippen molar-refractivity contribution >= 4 is 11.7 Å². The summed E-state index contributed by atoms with van der Waals surface area (Å²) in [6.07, 6.45) is 4.70. The molecule has 1 fully saturated rings. The summed E-state index contributed by atoms with van der Waals surface area (Å²) in [4.78, 5) is 18.6. The number of halogens is 1. The Balaban J connectivity index is 1.79. The number of hydrogen-bond acceptors (Lipinski definition) is 7. The minimum atomic E-state index is -0.642.